The van der Waals surface area contributed by atoms with Crippen LogP contribution in [-0.4, -0.2) is 13.7 Å². The van der Waals surface area contributed by atoms with Gasteiger partial charge in [0.15, 0.2) is 0 Å². The van der Waals surface area contributed by atoms with Crippen LogP contribution in [0.2, 0.25) is 0 Å². The second-order valence-corrected chi connectivity index (χ2v) is 13.8. The summed E-state index contributed by atoms with van der Waals surface area (Å²) >= 11 is 0. The predicted molar refractivity (Wildman–Crippen MR) is 152 cm³/mol. The molecule has 0 saturated carbocycles. The largest absolute Gasteiger partial charge is 0.374 e. The summed E-state index contributed by atoms with van der Waals surface area (Å²) < 4.78 is 12.5. The highest BCUT2D eigenvalue weighted by molar-refractivity contribution is 5.39. The first-order valence-electron chi connectivity index (χ1n) is 13.3. The molecule has 0 fully saturated rings. The van der Waals surface area contributed by atoms with Gasteiger partial charge in [0, 0.05) is 13.0 Å². The van der Waals surface area contributed by atoms with E-state index < -0.39 is 0 Å². The van der Waals surface area contributed by atoms with Crippen molar-refractivity contribution in [2.45, 2.75) is 124 Å². The molecule has 0 aliphatic carbocycles. The van der Waals surface area contributed by atoms with Crippen molar-refractivity contribution >= 4 is 0 Å². The molecule has 0 aliphatic rings. The van der Waals surface area contributed by atoms with Crippen LogP contribution in [-0.2, 0) is 31.5 Å². The lowest BCUT2D eigenvalue weighted by molar-refractivity contribution is -0.0276. The summed E-state index contributed by atoms with van der Waals surface area (Å²) in [5, 5.41) is 0. The fourth-order valence-electron chi connectivity index (χ4n) is 4.11. The molecule has 35 heavy (non-hydrogen) atoms. The number of hydrogen-bond acceptors (Lipinski definition) is 2. The van der Waals surface area contributed by atoms with Gasteiger partial charge < -0.3 is 9.47 Å². The molecule has 0 bridgehead atoms. The SMILES string of the molecule is COC(C)(C)c1cc(C(C)COC(C)(C)c2cc(C(C)C)cc(C(C)(C)C)c2)cc(C(C)(C)C)c1. The van der Waals surface area contributed by atoms with Gasteiger partial charge in [-0.05, 0) is 77.8 Å². The number of methoxy groups -OCH3 is 1. The minimum absolute atomic E-state index is 0.0646. The van der Waals surface area contributed by atoms with E-state index in [0.717, 1.165) is 0 Å². The van der Waals surface area contributed by atoms with Gasteiger partial charge in [-0.3, -0.25) is 0 Å². The molecule has 2 rings (SSSR count). The second kappa shape index (κ2) is 10.4. The van der Waals surface area contributed by atoms with Crippen LogP contribution in [0.4, 0.5) is 0 Å². The van der Waals surface area contributed by atoms with Gasteiger partial charge in [0.1, 0.15) is 0 Å². The molecule has 2 nitrogen and oxygen atoms in total. The molecule has 0 N–H and O–H groups in total. The van der Waals surface area contributed by atoms with Crippen molar-refractivity contribution in [3.05, 3.63) is 69.8 Å². The third-order valence-corrected chi connectivity index (χ3v) is 7.47. The number of benzene rings is 2. The zero-order valence-corrected chi connectivity index (χ0v) is 25.1. The molecule has 0 aliphatic heterocycles. The molecule has 1 atom stereocenters. The Morgan fingerprint density at radius 3 is 1.40 bits per heavy atom. The van der Waals surface area contributed by atoms with Crippen molar-refractivity contribution in [1.82, 2.24) is 0 Å². The molecule has 2 heteroatoms. The van der Waals surface area contributed by atoms with Gasteiger partial charge in [0.25, 0.3) is 0 Å². The Kier molecular flexibility index (Phi) is 8.78. The molecule has 2 aromatic rings. The van der Waals surface area contributed by atoms with Crippen LogP contribution in [0.25, 0.3) is 0 Å². The lowest BCUT2D eigenvalue weighted by atomic mass is 9.81. The van der Waals surface area contributed by atoms with Gasteiger partial charge in [-0.1, -0.05) is 98.7 Å². The molecule has 2 aromatic carbocycles. The van der Waals surface area contributed by atoms with Crippen LogP contribution in [0.3, 0.4) is 0 Å². The summed E-state index contributed by atoms with van der Waals surface area (Å²) in [5.74, 6) is 0.742. The molecular weight excluding hydrogens is 428 g/mol. The minimum Gasteiger partial charge on any atom is -0.374 e. The number of rotatable bonds is 8. The maximum Gasteiger partial charge on any atom is 0.0875 e. The van der Waals surface area contributed by atoms with Crippen LogP contribution in [0.1, 0.15) is 135 Å². The highest BCUT2D eigenvalue weighted by Gasteiger charge is 2.28. The fourth-order valence-corrected chi connectivity index (χ4v) is 4.11. The summed E-state index contributed by atoms with van der Waals surface area (Å²) in [4.78, 5) is 0. The highest BCUT2D eigenvalue weighted by atomic mass is 16.5. The maximum atomic E-state index is 6.68. The third kappa shape index (κ3) is 7.43. The second-order valence-electron chi connectivity index (χ2n) is 13.8. The van der Waals surface area contributed by atoms with E-state index in [2.05, 4.69) is 126 Å². The monoisotopic (exact) mass is 480 g/mol. The number of ether oxygens (including phenoxy) is 2. The molecule has 0 saturated heterocycles. The minimum atomic E-state index is -0.380. The quantitative estimate of drug-likeness (QED) is 0.375. The van der Waals surface area contributed by atoms with E-state index in [9.17, 15) is 0 Å². The predicted octanol–water partition coefficient (Wildman–Crippen LogP) is 9.34. The Bertz CT molecular complexity index is 997. The van der Waals surface area contributed by atoms with E-state index in [-0.39, 0.29) is 27.9 Å². The molecule has 1 unspecified atom stereocenters. The lowest BCUT2D eigenvalue weighted by Crippen LogP contribution is -2.26. The Morgan fingerprint density at radius 2 is 0.971 bits per heavy atom. The average molecular weight is 481 g/mol. The number of hydrogen-bond donors (Lipinski definition) is 0. The van der Waals surface area contributed by atoms with E-state index >= 15 is 0 Å². The van der Waals surface area contributed by atoms with E-state index in [1.54, 1.807) is 7.11 Å². The molecule has 0 spiro atoms. The first kappa shape index (κ1) is 29.6. The maximum absolute atomic E-state index is 6.68. The molecule has 196 valence electrons. The summed E-state index contributed by atoms with van der Waals surface area (Å²) in [6.07, 6.45) is 0. The summed E-state index contributed by atoms with van der Waals surface area (Å²) in [6, 6.07) is 14.0. The van der Waals surface area contributed by atoms with Gasteiger partial charge in [0.2, 0.25) is 0 Å². The fraction of sp³-hybridized carbons (Fsp3) is 0.636. The van der Waals surface area contributed by atoms with Crippen molar-refractivity contribution in [2.24, 2.45) is 0 Å². The molecule has 0 heterocycles. The zero-order chi connectivity index (χ0) is 27.0. The van der Waals surface area contributed by atoms with Crippen LogP contribution >= 0.6 is 0 Å². The summed E-state index contributed by atoms with van der Waals surface area (Å²) in [5.41, 5.74) is 7.30. The van der Waals surface area contributed by atoms with Crippen molar-refractivity contribution < 1.29 is 9.47 Å². The van der Waals surface area contributed by atoms with Gasteiger partial charge >= 0.3 is 0 Å². The first-order valence-corrected chi connectivity index (χ1v) is 13.3. The topological polar surface area (TPSA) is 18.5 Å². The van der Waals surface area contributed by atoms with Gasteiger partial charge in [-0.2, -0.15) is 0 Å². The van der Waals surface area contributed by atoms with Crippen molar-refractivity contribution in [3.8, 4) is 0 Å². The van der Waals surface area contributed by atoms with E-state index in [1.165, 1.54) is 33.4 Å². The van der Waals surface area contributed by atoms with Gasteiger partial charge in [-0.25, -0.2) is 0 Å². The van der Waals surface area contributed by atoms with Crippen molar-refractivity contribution in [2.75, 3.05) is 13.7 Å². The molecule has 0 radical (unpaired) electrons. The summed E-state index contributed by atoms with van der Waals surface area (Å²) in [7, 11) is 1.79. The zero-order valence-electron chi connectivity index (χ0n) is 25.1. The molecule has 0 aromatic heterocycles. The Morgan fingerprint density at radius 1 is 0.571 bits per heavy atom. The van der Waals surface area contributed by atoms with Gasteiger partial charge in [0.05, 0.1) is 17.8 Å². The van der Waals surface area contributed by atoms with Crippen LogP contribution in [0, 0.1) is 0 Å². The third-order valence-electron chi connectivity index (χ3n) is 7.47. The Balaban J connectivity index is 2.39. The van der Waals surface area contributed by atoms with Crippen LogP contribution in [0.15, 0.2) is 36.4 Å². The Hall–Kier alpha value is -1.64. The normalized spacial score (nSPS) is 14.5. The van der Waals surface area contributed by atoms with Crippen molar-refractivity contribution in [1.29, 1.82) is 0 Å². The molecule has 0 amide bonds. The van der Waals surface area contributed by atoms with E-state index in [0.29, 0.717) is 12.5 Å². The smallest absolute Gasteiger partial charge is 0.0875 e. The lowest BCUT2D eigenvalue weighted by Gasteiger charge is -2.32. The standard InChI is InChI=1S/C33H52O2/c1-22(2)24-15-26(30(4,5)6)20-29(16-24)33(12,13)35-21-23(3)25-17-27(31(7,8)9)19-28(18-25)32(10,11)34-14/h15-20,22-23H,21H2,1-14H3. The highest BCUT2D eigenvalue weighted by Crippen LogP contribution is 2.36. The van der Waals surface area contributed by atoms with E-state index in [1.807, 2.05) is 0 Å². The van der Waals surface area contributed by atoms with Gasteiger partial charge in [-0.15, -0.1) is 0 Å². The average Bonchev–Trinajstić information content (AvgIpc) is 2.75. The van der Waals surface area contributed by atoms with Crippen LogP contribution < -0.4 is 0 Å². The molecular formula is C33H52O2. The summed E-state index contributed by atoms with van der Waals surface area (Å²) in [6.45, 7) is 29.8. The first-order chi connectivity index (χ1) is 15.8. The van der Waals surface area contributed by atoms with Crippen molar-refractivity contribution in [3.63, 3.8) is 0 Å². The van der Waals surface area contributed by atoms with E-state index in [4.69, 9.17) is 9.47 Å². The van der Waals surface area contributed by atoms with Crippen LogP contribution in [0.5, 0.6) is 0 Å². The Labute approximate surface area is 216 Å².